The molecule has 0 saturated heterocycles. The molecule has 20 heavy (non-hydrogen) atoms. The molecule has 0 radical (unpaired) electrons. The number of nitrogens with one attached hydrogen (secondary N) is 1. The number of thioether (sulfide) groups is 1. The van der Waals surface area contributed by atoms with E-state index in [1.807, 2.05) is 0 Å². The van der Waals surface area contributed by atoms with Crippen LogP contribution in [0, 0.1) is 0 Å². The Balaban J connectivity index is 2.28. The van der Waals surface area contributed by atoms with Crippen molar-refractivity contribution in [2.45, 2.75) is 13.3 Å². The number of anilines is 2. The first kappa shape index (κ1) is 16.7. The number of nitrogen functional groups attached to an aromatic ring is 1. The van der Waals surface area contributed by atoms with Crippen molar-refractivity contribution >= 4 is 46.6 Å². The molecule has 0 saturated carbocycles. The van der Waals surface area contributed by atoms with Gasteiger partial charge in [0.2, 0.25) is 5.91 Å². The van der Waals surface area contributed by atoms with Crippen LogP contribution in [-0.4, -0.2) is 30.0 Å². The van der Waals surface area contributed by atoms with Crippen LogP contribution in [0.2, 0.25) is 5.02 Å². The number of hydrogen-bond acceptors (Lipinski definition) is 5. The SMILES string of the molecule is CCOC(=O)CSCCC(=O)Nc1ccc(Cl)cc1N. The molecule has 0 aliphatic rings. The van der Waals surface area contributed by atoms with E-state index in [9.17, 15) is 9.59 Å². The third-order valence-corrected chi connectivity index (χ3v) is 3.45. The molecule has 0 atom stereocenters. The fourth-order valence-electron chi connectivity index (χ4n) is 1.38. The van der Waals surface area contributed by atoms with Gasteiger partial charge in [-0.25, -0.2) is 0 Å². The topological polar surface area (TPSA) is 81.4 Å². The molecular weight excluding hydrogens is 300 g/mol. The molecule has 7 heteroatoms. The van der Waals surface area contributed by atoms with Crippen molar-refractivity contribution in [1.82, 2.24) is 0 Å². The van der Waals surface area contributed by atoms with Crippen LogP contribution >= 0.6 is 23.4 Å². The highest BCUT2D eigenvalue weighted by atomic mass is 35.5. The predicted octanol–water partition coefficient (Wildman–Crippen LogP) is 2.55. The van der Waals surface area contributed by atoms with Gasteiger partial charge in [0.05, 0.1) is 23.7 Å². The zero-order chi connectivity index (χ0) is 15.0. The van der Waals surface area contributed by atoms with Crippen molar-refractivity contribution in [1.29, 1.82) is 0 Å². The molecule has 0 aromatic heterocycles. The molecule has 1 aromatic rings. The predicted molar refractivity (Wildman–Crippen MR) is 83.1 cm³/mol. The molecule has 0 heterocycles. The van der Waals surface area contributed by atoms with Gasteiger partial charge >= 0.3 is 5.97 Å². The Labute approximate surface area is 127 Å². The van der Waals surface area contributed by atoms with Crippen molar-refractivity contribution < 1.29 is 14.3 Å². The van der Waals surface area contributed by atoms with Crippen molar-refractivity contribution in [2.24, 2.45) is 0 Å². The van der Waals surface area contributed by atoms with Gasteiger partial charge in [-0.3, -0.25) is 9.59 Å². The van der Waals surface area contributed by atoms with Gasteiger partial charge in [0.25, 0.3) is 0 Å². The molecule has 0 bridgehead atoms. The number of nitrogens with two attached hydrogens (primary N) is 1. The van der Waals surface area contributed by atoms with E-state index >= 15 is 0 Å². The van der Waals surface area contributed by atoms with E-state index in [4.69, 9.17) is 22.1 Å². The van der Waals surface area contributed by atoms with E-state index in [1.165, 1.54) is 11.8 Å². The van der Waals surface area contributed by atoms with Crippen molar-refractivity contribution in [2.75, 3.05) is 29.2 Å². The van der Waals surface area contributed by atoms with Gasteiger partial charge in [0.1, 0.15) is 0 Å². The summed E-state index contributed by atoms with van der Waals surface area (Å²) in [7, 11) is 0. The van der Waals surface area contributed by atoms with Crippen molar-refractivity contribution in [3.05, 3.63) is 23.2 Å². The number of halogens is 1. The smallest absolute Gasteiger partial charge is 0.315 e. The Morgan fingerprint density at radius 3 is 2.85 bits per heavy atom. The summed E-state index contributed by atoms with van der Waals surface area (Å²) in [4.78, 5) is 22.8. The van der Waals surface area contributed by atoms with E-state index in [0.29, 0.717) is 35.2 Å². The van der Waals surface area contributed by atoms with Crippen LogP contribution in [-0.2, 0) is 14.3 Å². The fourth-order valence-corrected chi connectivity index (χ4v) is 2.29. The summed E-state index contributed by atoms with van der Waals surface area (Å²) in [6.45, 7) is 2.13. The number of benzene rings is 1. The minimum Gasteiger partial charge on any atom is -0.465 e. The fraction of sp³-hybridized carbons (Fsp3) is 0.385. The van der Waals surface area contributed by atoms with Crippen LogP contribution in [0.1, 0.15) is 13.3 Å². The van der Waals surface area contributed by atoms with Crippen molar-refractivity contribution in [3.8, 4) is 0 Å². The van der Waals surface area contributed by atoms with Gasteiger partial charge in [-0.05, 0) is 25.1 Å². The molecule has 0 fully saturated rings. The van der Waals surface area contributed by atoms with Gasteiger partial charge in [-0.1, -0.05) is 11.6 Å². The molecule has 5 nitrogen and oxygen atoms in total. The van der Waals surface area contributed by atoms with Crippen LogP contribution in [0.5, 0.6) is 0 Å². The Morgan fingerprint density at radius 1 is 1.45 bits per heavy atom. The quantitative estimate of drug-likeness (QED) is 0.459. The van der Waals surface area contributed by atoms with E-state index in [0.717, 1.165) is 0 Å². The first-order valence-corrected chi connectivity index (χ1v) is 7.64. The number of amides is 1. The maximum atomic E-state index is 11.7. The summed E-state index contributed by atoms with van der Waals surface area (Å²) in [5.74, 6) is 0.373. The minimum atomic E-state index is -0.264. The highest BCUT2D eigenvalue weighted by Crippen LogP contribution is 2.22. The van der Waals surface area contributed by atoms with E-state index in [2.05, 4.69) is 5.32 Å². The van der Waals surface area contributed by atoms with Gasteiger partial charge in [-0.2, -0.15) is 0 Å². The number of carbonyl (C=O) groups is 2. The Kier molecular flexibility index (Phi) is 7.25. The van der Waals surface area contributed by atoms with Crippen LogP contribution < -0.4 is 11.1 Å². The summed E-state index contributed by atoms with van der Waals surface area (Å²) in [6.07, 6.45) is 0.298. The Bertz CT molecular complexity index is 483. The normalized spacial score (nSPS) is 10.1. The molecule has 110 valence electrons. The second-order valence-electron chi connectivity index (χ2n) is 3.89. The summed E-state index contributed by atoms with van der Waals surface area (Å²) >= 11 is 7.13. The lowest BCUT2D eigenvalue weighted by atomic mass is 10.2. The molecule has 1 rings (SSSR count). The minimum absolute atomic E-state index is 0.157. The van der Waals surface area contributed by atoms with Gasteiger partial charge in [0, 0.05) is 17.2 Å². The molecule has 0 aliphatic carbocycles. The average Bonchev–Trinajstić information content (AvgIpc) is 2.38. The highest BCUT2D eigenvalue weighted by molar-refractivity contribution is 7.99. The Morgan fingerprint density at radius 2 is 2.20 bits per heavy atom. The van der Waals surface area contributed by atoms with Gasteiger partial charge in [-0.15, -0.1) is 11.8 Å². The number of carbonyl (C=O) groups excluding carboxylic acids is 2. The lowest BCUT2D eigenvalue weighted by molar-refractivity contribution is -0.139. The summed E-state index contributed by atoms with van der Waals surface area (Å²) in [6, 6.07) is 4.89. The monoisotopic (exact) mass is 316 g/mol. The zero-order valence-corrected chi connectivity index (χ0v) is 12.7. The average molecular weight is 317 g/mol. The van der Waals surface area contributed by atoms with Gasteiger partial charge < -0.3 is 15.8 Å². The molecule has 1 aromatic carbocycles. The van der Waals surface area contributed by atoms with Crippen molar-refractivity contribution in [3.63, 3.8) is 0 Å². The summed E-state index contributed by atoms with van der Waals surface area (Å²) < 4.78 is 4.78. The van der Waals surface area contributed by atoms with E-state index in [1.54, 1.807) is 25.1 Å². The molecule has 1 amide bonds. The Hall–Kier alpha value is -1.40. The lowest BCUT2D eigenvalue weighted by Crippen LogP contribution is -2.14. The van der Waals surface area contributed by atoms with E-state index < -0.39 is 0 Å². The zero-order valence-electron chi connectivity index (χ0n) is 11.1. The second kappa shape index (κ2) is 8.71. The molecule has 3 N–H and O–H groups in total. The third-order valence-electron chi connectivity index (χ3n) is 2.29. The first-order valence-electron chi connectivity index (χ1n) is 6.11. The highest BCUT2D eigenvalue weighted by Gasteiger charge is 2.07. The third kappa shape index (κ3) is 6.16. The number of esters is 1. The summed E-state index contributed by atoms with van der Waals surface area (Å²) in [5.41, 5.74) is 6.69. The standard InChI is InChI=1S/C13H17ClN2O3S/c1-2-19-13(18)8-20-6-5-12(17)16-11-4-3-9(14)7-10(11)15/h3-4,7H,2,5-6,8,15H2,1H3,(H,16,17). The maximum Gasteiger partial charge on any atom is 0.315 e. The van der Waals surface area contributed by atoms with E-state index in [-0.39, 0.29) is 17.6 Å². The number of rotatable bonds is 7. The number of ether oxygens (including phenoxy) is 1. The number of hydrogen-bond donors (Lipinski definition) is 2. The maximum absolute atomic E-state index is 11.7. The molecule has 0 unspecified atom stereocenters. The van der Waals surface area contributed by atoms with Crippen LogP contribution in [0.4, 0.5) is 11.4 Å². The first-order chi connectivity index (χ1) is 9.52. The van der Waals surface area contributed by atoms with Gasteiger partial charge in [0.15, 0.2) is 0 Å². The second-order valence-corrected chi connectivity index (χ2v) is 5.43. The molecule has 0 aliphatic heterocycles. The largest absolute Gasteiger partial charge is 0.465 e. The molecule has 0 spiro atoms. The molecular formula is C13H17ClN2O3S. The lowest BCUT2D eigenvalue weighted by Gasteiger charge is -2.08. The summed E-state index contributed by atoms with van der Waals surface area (Å²) in [5, 5.41) is 3.22. The van der Waals surface area contributed by atoms with Crippen LogP contribution in [0.15, 0.2) is 18.2 Å². The van der Waals surface area contributed by atoms with Crippen LogP contribution in [0.3, 0.4) is 0 Å². The van der Waals surface area contributed by atoms with Crippen LogP contribution in [0.25, 0.3) is 0 Å².